The summed E-state index contributed by atoms with van der Waals surface area (Å²) < 4.78 is 19.5. The molecule has 0 saturated heterocycles. The van der Waals surface area contributed by atoms with Gasteiger partial charge in [0.2, 0.25) is 0 Å². The van der Waals surface area contributed by atoms with Crippen LogP contribution in [0.1, 0.15) is 57.1 Å². The Kier molecular flexibility index (Phi) is 7.70. The van der Waals surface area contributed by atoms with Gasteiger partial charge < -0.3 is 10.5 Å². The third-order valence-electron chi connectivity index (χ3n) is 3.33. The fourth-order valence-electron chi connectivity index (χ4n) is 1.99. The molecule has 1 aromatic rings. The van der Waals surface area contributed by atoms with E-state index in [1.807, 2.05) is 6.92 Å². The fraction of sp³-hybridized carbons (Fsp3) is 0.562. The van der Waals surface area contributed by atoms with Gasteiger partial charge in [0, 0.05) is 11.1 Å². The van der Waals surface area contributed by atoms with Crippen LogP contribution in [0.25, 0.3) is 0 Å². The van der Waals surface area contributed by atoms with Crippen LogP contribution in [-0.4, -0.2) is 11.1 Å². The van der Waals surface area contributed by atoms with E-state index in [1.165, 1.54) is 25.3 Å². The summed E-state index contributed by atoms with van der Waals surface area (Å²) in [7, 11) is 0. The first-order valence-corrected chi connectivity index (χ1v) is 7.65. The van der Waals surface area contributed by atoms with Crippen molar-refractivity contribution in [3.05, 3.63) is 35.1 Å². The molecule has 0 bridgehead atoms. The van der Waals surface area contributed by atoms with Crippen LogP contribution < -0.4 is 5.73 Å². The van der Waals surface area contributed by atoms with Gasteiger partial charge in [0.25, 0.3) is 0 Å². The van der Waals surface area contributed by atoms with E-state index in [1.54, 1.807) is 12.1 Å². The maximum Gasteiger partial charge on any atom is 0.129 e. The molecule has 0 saturated carbocycles. The van der Waals surface area contributed by atoms with E-state index in [0.717, 1.165) is 12.8 Å². The van der Waals surface area contributed by atoms with Gasteiger partial charge in [0.05, 0.1) is 12.7 Å². The SMILES string of the molecule is CCCCCCC(C)OCc1ccc(C(N)=S)cc1F. The molecule has 1 atom stereocenters. The third kappa shape index (κ3) is 5.97. The van der Waals surface area contributed by atoms with Gasteiger partial charge >= 0.3 is 0 Å². The smallest absolute Gasteiger partial charge is 0.129 e. The van der Waals surface area contributed by atoms with Gasteiger partial charge in [-0.3, -0.25) is 0 Å². The summed E-state index contributed by atoms with van der Waals surface area (Å²) in [5, 5.41) is 0. The Hall–Kier alpha value is -1.00. The molecule has 0 aliphatic heterocycles. The first-order chi connectivity index (χ1) is 9.54. The average Bonchev–Trinajstić information content (AvgIpc) is 2.42. The minimum absolute atomic E-state index is 0.154. The summed E-state index contributed by atoms with van der Waals surface area (Å²) in [6, 6.07) is 4.79. The number of thiocarbonyl (C=S) groups is 1. The standard InChI is InChI=1S/C16H24FNOS/c1-3-4-5-6-7-12(2)19-11-14-9-8-13(16(18)20)10-15(14)17/h8-10,12H,3-7,11H2,1-2H3,(H2,18,20). The highest BCUT2D eigenvalue weighted by Gasteiger charge is 2.08. The summed E-state index contributed by atoms with van der Waals surface area (Å²) in [4.78, 5) is 0.209. The molecule has 112 valence electrons. The molecule has 2 N–H and O–H groups in total. The van der Waals surface area contributed by atoms with Crippen molar-refractivity contribution in [3.63, 3.8) is 0 Å². The second kappa shape index (κ2) is 9.03. The second-order valence-electron chi connectivity index (χ2n) is 5.14. The van der Waals surface area contributed by atoms with E-state index in [2.05, 4.69) is 6.92 Å². The Balaban J connectivity index is 2.39. The Morgan fingerprint density at radius 2 is 2.10 bits per heavy atom. The van der Waals surface area contributed by atoms with E-state index in [9.17, 15) is 4.39 Å². The van der Waals surface area contributed by atoms with Crippen molar-refractivity contribution in [1.82, 2.24) is 0 Å². The molecule has 0 aliphatic carbocycles. The number of halogens is 1. The van der Waals surface area contributed by atoms with E-state index in [0.29, 0.717) is 17.7 Å². The van der Waals surface area contributed by atoms with Crippen molar-refractivity contribution >= 4 is 17.2 Å². The second-order valence-corrected chi connectivity index (χ2v) is 5.58. The highest BCUT2D eigenvalue weighted by atomic mass is 32.1. The first-order valence-electron chi connectivity index (χ1n) is 7.24. The molecule has 4 heteroatoms. The van der Waals surface area contributed by atoms with Crippen molar-refractivity contribution in [2.24, 2.45) is 5.73 Å². The molecule has 0 aromatic heterocycles. The predicted molar refractivity (Wildman–Crippen MR) is 85.3 cm³/mol. The van der Waals surface area contributed by atoms with Crippen LogP contribution >= 0.6 is 12.2 Å². The van der Waals surface area contributed by atoms with Crippen LogP contribution in [-0.2, 0) is 11.3 Å². The van der Waals surface area contributed by atoms with Crippen LogP contribution in [0.3, 0.4) is 0 Å². The van der Waals surface area contributed by atoms with E-state index < -0.39 is 0 Å². The minimum atomic E-state index is -0.312. The summed E-state index contributed by atoms with van der Waals surface area (Å²) in [6.45, 7) is 4.52. The molecule has 0 heterocycles. The van der Waals surface area contributed by atoms with Gasteiger partial charge in [-0.25, -0.2) is 4.39 Å². The lowest BCUT2D eigenvalue weighted by Gasteiger charge is -2.13. The summed E-state index contributed by atoms with van der Waals surface area (Å²) in [5.74, 6) is -0.312. The number of ether oxygens (including phenoxy) is 1. The zero-order valence-corrected chi connectivity index (χ0v) is 13.1. The lowest BCUT2D eigenvalue weighted by atomic mass is 10.1. The van der Waals surface area contributed by atoms with E-state index in [4.69, 9.17) is 22.7 Å². The monoisotopic (exact) mass is 297 g/mol. The summed E-state index contributed by atoms with van der Waals surface area (Å²) >= 11 is 4.82. The molecule has 0 spiro atoms. The number of benzene rings is 1. The van der Waals surface area contributed by atoms with E-state index in [-0.39, 0.29) is 16.9 Å². The van der Waals surface area contributed by atoms with Gasteiger partial charge in [-0.05, 0) is 19.4 Å². The quantitative estimate of drug-likeness (QED) is 0.544. The summed E-state index contributed by atoms with van der Waals surface area (Å²) in [6.07, 6.45) is 6.07. The lowest BCUT2D eigenvalue weighted by molar-refractivity contribution is 0.0443. The molecule has 1 aromatic carbocycles. The van der Waals surface area contributed by atoms with Crippen LogP contribution in [0.4, 0.5) is 4.39 Å². The molecule has 1 rings (SSSR count). The maximum atomic E-state index is 13.8. The molecular weight excluding hydrogens is 273 g/mol. The molecule has 20 heavy (non-hydrogen) atoms. The molecular formula is C16H24FNOS. The number of rotatable bonds is 9. The Morgan fingerprint density at radius 1 is 1.35 bits per heavy atom. The first kappa shape index (κ1) is 17.1. The highest BCUT2D eigenvalue weighted by molar-refractivity contribution is 7.80. The molecule has 0 amide bonds. The predicted octanol–water partition coefficient (Wildman–Crippen LogP) is 4.34. The Labute approximate surface area is 126 Å². The molecule has 1 unspecified atom stereocenters. The maximum absolute atomic E-state index is 13.8. The van der Waals surface area contributed by atoms with Gasteiger partial charge in [0.1, 0.15) is 10.8 Å². The van der Waals surface area contributed by atoms with Gasteiger partial charge in [0.15, 0.2) is 0 Å². The van der Waals surface area contributed by atoms with Gasteiger partial charge in [-0.2, -0.15) is 0 Å². The number of unbranched alkanes of at least 4 members (excludes halogenated alkanes) is 3. The van der Waals surface area contributed by atoms with Crippen molar-refractivity contribution in [1.29, 1.82) is 0 Å². The zero-order chi connectivity index (χ0) is 15.0. The Morgan fingerprint density at radius 3 is 2.70 bits per heavy atom. The summed E-state index contributed by atoms with van der Waals surface area (Å²) in [5.41, 5.74) is 6.56. The zero-order valence-electron chi connectivity index (χ0n) is 12.3. The molecule has 0 fully saturated rings. The third-order valence-corrected chi connectivity index (χ3v) is 3.56. The fourth-order valence-corrected chi connectivity index (χ4v) is 2.12. The molecule has 0 radical (unpaired) electrons. The van der Waals surface area contributed by atoms with Crippen LogP contribution in [0.2, 0.25) is 0 Å². The van der Waals surface area contributed by atoms with E-state index >= 15 is 0 Å². The van der Waals surface area contributed by atoms with Crippen LogP contribution in [0.5, 0.6) is 0 Å². The van der Waals surface area contributed by atoms with Gasteiger partial charge in [-0.15, -0.1) is 0 Å². The topological polar surface area (TPSA) is 35.2 Å². The van der Waals surface area contributed by atoms with Crippen molar-refractivity contribution in [2.75, 3.05) is 0 Å². The van der Waals surface area contributed by atoms with Crippen molar-refractivity contribution in [2.45, 2.75) is 58.7 Å². The number of hydrogen-bond acceptors (Lipinski definition) is 2. The average molecular weight is 297 g/mol. The van der Waals surface area contributed by atoms with Crippen molar-refractivity contribution < 1.29 is 9.13 Å². The molecule has 2 nitrogen and oxygen atoms in total. The Bertz CT molecular complexity index is 436. The number of nitrogens with two attached hydrogens (primary N) is 1. The normalized spacial score (nSPS) is 12.3. The number of hydrogen-bond donors (Lipinski definition) is 1. The lowest BCUT2D eigenvalue weighted by Crippen LogP contribution is -2.11. The minimum Gasteiger partial charge on any atom is -0.389 e. The van der Waals surface area contributed by atoms with Crippen LogP contribution in [0, 0.1) is 5.82 Å². The molecule has 0 aliphatic rings. The van der Waals surface area contributed by atoms with Crippen LogP contribution in [0.15, 0.2) is 18.2 Å². The van der Waals surface area contributed by atoms with Gasteiger partial charge in [-0.1, -0.05) is 57.0 Å². The largest absolute Gasteiger partial charge is 0.389 e. The highest BCUT2D eigenvalue weighted by Crippen LogP contribution is 2.14. The van der Waals surface area contributed by atoms with Crippen molar-refractivity contribution in [3.8, 4) is 0 Å².